The van der Waals surface area contributed by atoms with E-state index in [0.29, 0.717) is 34.5 Å². The number of ether oxygens (including phenoxy) is 3. The maximum absolute atomic E-state index is 13.7. The third-order valence-corrected chi connectivity index (χ3v) is 6.27. The maximum atomic E-state index is 13.7. The molecule has 0 saturated carbocycles. The van der Waals surface area contributed by atoms with Crippen LogP contribution in [0.2, 0.25) is 0 Å². The number of nitrogens with zero attached hydrogens (tertiary/aromatic N) is 3. The Morgan fingerprint density at radius 3 is 2.21 bits per heavy atom. The van der Waals surface area contributed by atoms with E-state index in [2.05, 4.69) is 24.0 Å². The number of anilines is 1. The molecule has 0 saturated heterocycles. The normalized spacial score (nSPS) is 10.8. The highest BCUT2D eigenvalue weighted by Crippen LogP contribution is 2.39. The van der Waals surface area contributed by atoms with Gasteiger partial charge in [-0.15, -0.1) is 12.4 Å². The number of carbonyl (C=O) groups is 1. The summed E-state index contributed by atoms with van der Waals surface area (Å²) in [7, 11) is 8.67. The average molecular weight is 494 g/mol. The van der Waals surface area contributed by atoms with E-state index in [0.717, 1.165) is 29.6 Å². The largest absolute Gasteiger partial charge is 0.493 e. The fraction of sp³-hybridized carbons (Fsp3) is 0.417. The minimum Gasteiger partial charge on any atom is -0.493 e. The second-order valence-electron chi connectivity index (χ2n) is 7.68. The third-order valence-electron chi connectivity index (χ3n) is 5.22. The van der Waals surface area contributed by atoms with Gasteiger partial charge in [-0.3, -0.25) is 9.69 Å². The van der Waals surface area contributed by atoms with Gasteiger partial charge < -0.3 is 19.1 Å². The van der Waals surface area contributed by atoms with Gasteiger partial charge in [-0.2, -0.15) is 0 Å². The molecule has 1 amide bonds. The van der Waals surface area contributed by atoms with Crippen molar-refractivity contribution in [2.75, 3.05) is 53.4 Å². The molecule has 7 nitrogen and oxygen atoms in total. The first kappa shape index (κ1) is 26.7. The van der Waals surface area contributed by atoms with Crippen molar-refractivity contribution in [2.24, 2.45) is 0 Å². The lowest BCUT2D eigenvalue weighted by atomic mass is 10.1. The Labute approximate surface area is 205 Å². The Bertz CT molecular complexity index is 1060. The summed E-state index contributed by atoms with van der Waals surface area (Å²) < 4.78 is 17.4. The number of carbonyl (C=O) groups excluding carboxylic acids is 1. The van der Waals surface area contributed by atoms with Crippen LogP contribution >= 0.6 is 23.7 Å². The summed E-state index contributed by atoms with van der Waals surface area (Å²) in [6, 6.07) is 9.63. The van der Waals surface area contributed by atoms with Gasteiger partial charge in [-0.1, -0.05) is 24.3 Å². The van der Waals surface area contributed by atoms with Crippen molar-refractivity contribution >= 4 is 45.0 Å². The highest BCUT2D eigenvalue weighted by atomic mass is 35.5. The van der Waals surface area contributed by atoms with Crippen molar-refractivity contribution in [1.82, 2.24) is 9.88 Å². The van der Waals surface area contributed by atoms with E-state index in [1.165, 1.54) is 16.9 Å². The summed E-state index contributed by atoms with van der Waals surface area (Å²) in [5.74, 6) is 1.19. The fourth-order valence-electron chi connectivity index (χ4n) is 3.48. The summed E-state index contributed by atoms with van der Waals surface area (Å²) in [5.41, 5.74) is 2.61. The molecule has 9 heteroatoms. The van der Waals surface area contributed by atoms with E-state index in [-0.39, 0.29) is 18.3 Å². The van der Waals surface area contributed by atoms with E-state index in [4.69, 9.17) is 19.2 Å². The van der Waals surface area contributed by atoms with Crippen molar-refractivity contribution in [2.45, 2.75) is 19.8 Å². The minimum atomic E-state index is -0.155. The van der Waals surface area contributed by atoms with Crippen molar-refractivity contribution in [3.63, 3.8) is 0 Å². The van der Waals surface area contributed by atoms with Crippen LogP contribution in [0.15, 0.2) is 30.3 Å². The number of aromatic nitrogens is 1. The van der Waals surface area contributed by atoms with Crippen molar-refractivity contribution in [3.05, 3.63) is 41.5 Å². The molecule has 0 aliphatic carbocycles. The van der Waals surface area contributed by atoms with E-state index in [1.807, 2.05) is 20.2 Å². The van der Waals surface area contributed by atoms with Crippen molar-refractivity contribution < 1.29 is 19.0 Å². The number of amides is 1. The zero-order valence-corrected chi connectivity index (χ0v) is 21.6. The lowest BCUT2D eigenvalue weighted by Gasteiger charge is -2.22. The first-order valence-corrected chi connectivity index (χ1v) is 11.4. The van der Waals surface area contributed by atoms with Gasteiger partial charge in [0.2, 0.25) is 5.75 Å². The van der Waals surface area contributed by atoms with Gasteiger partial charge >= 0.3 is 0 Å². The molecule has 0 aliphatic heterocycles. The molecule has 0 radical (unpaired) electrons. The molecular weight excluding hydrogens is 462 g/mol. The number of hydrogen-bond acceptors (Lipinski definition) is 7. The number of halogens is 1. The van der Waals surface area contributed by atoms with Crippen LogP contribution < -0.4 is 19.1 Å². The van der Waals surface area contributed by atoms with Crippen LogP contribution in [0.1, 0.15) is 29.3 Å². The van der Waals surface area contributed by atoms with Crippen LogP contribution in [-0.4, -0.2) is 64.3 Å². The van der Waals surface area contributed by atoms with E-state index in [1.54, 1.807) is 38.4 Å². The van der Waals surface area contributed by atoms with E-state index >= 15 is 0 Å². The van der Waals surface area contributed by atoms with Crippen LogP contribution in [-0.2, 0) is 6.42 Å². The van der Waals surface area contributed by atoms with Crippen LogP contribution in [0.5, 0.6) is 17.2 Å². The second kappa shape index (κ2) is 12.1. The topological polar surface area (TPSA) is 64.1 Å². The van der Waals surface area contributed by atoms with Crippen molar-refractivity contribution in [1.29, 1.82) is 0 Å². The molecule has 0 aliphatic rings. The van der Waals surface area contributed by atoms with Crippen LogP contribution in [0.4, 0.5) is 5.13 Å². The molecule has 0 unspecified atom stereocenters. The van der Waals surface area contributed by atoms with E-state index in [9.17, 15) is 4.79 Å². The zero-order valence-electron chi connectivity index (χ0n) is 20.0. The second-order valence-corrected chi connectivity index (χ2v) is 8.69. The average Bonchev–Trinajstić information content (AvgIpc) is 3.22. The van der Waals surface area contributed by atoms with Gasteiger partial charge in [-0.25, -0.2) is 4.98 Å². The van der Waals surface area contributed by atoms with Crippen LogP contribution in [0, 0.1) is 0 Å². The number of thiazole rings is 1. The number of methoxy groups -OCH3 is 3. The third kappa shape index (κ3) is 6.07. The molecule has 0 atom stereocenters. The lowest BCUT2D eigenvalue weighted by molar-refractivity contribution is 0.0985. The molecule has 0 fully saturated rings. The molecule has 3 aromatic rings. The summed E-state index contributed by atoms with van der Waals surface area (Å²) in [5, 5.41) is 0.686. The number of rotatable bonds is 10. The summed E-state index contributed by atoms with van der Waals surface area (Å²) in [4.78, 5) is 22.3. The molecule has 0 bridgehead atoms. The molecule has 180 valence electrons. The highest BCUT2D eigenvalue weighted by molar-refractivity contribution is 7.22. The Morgan fingerprint density at radius 2 is 1.67 bits per heavy atom. The van der Waals surface area contributed by atoms with Crippen LogP contribution in [0.3, 0.4) is 0 Å². The quantitative estimate of drug-likeness (QED) is 0.400. The number of aryl methyl sites for hydroxylation is 1. The molecular formula is C24H32ClN3O4S. The van der Waals surface area contributed by atoms with Gasteiger partial charge in [-0.05, 0) is 63.3 Å². The molecule has 0 N–H and O–H groups in total. The summed E-state index contributed by atoms with van der Waals surface area (Å²) >= 11 is 1.54. The molecule has 2 aromatic carbocycles. The molecule has 1 heterocycles. The summed E-state index contributed by atoms with van der Waals surface area (Å²) in [6.07, 6.45) is 1.78. The lowest BCUT2D eigenvalue weighted by Crippen LogP contribution is -2.33. The zero-order chi connectivity index (χ0) is 23.3. The van der Waals surface area contributed by atoms with Gasteiger partial charge in [0.25, 0.3) is 5.91 Å². The smallest absolute Gasteiger partial charge is 0.260 e. The first-order chi connectivity index (χ1) is 15.4. The van der Waals surface area contributed by atoms with Crippen molar-refractivity contribution in [3.8, 4) is 17.2 Å². The Hall–Kier alpha value is -2.55. The van der Waals surface area contributed by atoms with Gasteiger partial charge in [0.05, 0.1) is 31.5 Å². The predicted molar refractivity (Wildman–Crippen MR) is 137 cm³/mol. The Morgan fingerprint density at radius 1 is 1.00 bits per heavy atom. The van der Waals surface area contributed by atoms with E-state index < -0.39 is 0 Å². The Balaban J connectivity index is 0.00000385. The molecule has 3 rings (SSSR count). The van der Waals surface area contributed by atoms with Gasteiger partial charge in [0.1, 0.15) is 0 Å². The minimum absolute atomic E-state index is 0. The van der Waals surface area contributed by atoms with Gasteiger partial charge in [0, 0.05) is 12.1 Å². The standard InChI is InChI=1S/C24H31N3O4S.ClH/c1-7-16-9-10-18-21(13-16)32-24(25-18)27(12-8-11-26(2)3)23(28)17-14-19(29-4)22(31-6)20(15-17)30-5;/h9-10,13-15H,7-8,11-12H2,1-6H3;1H. The molecule has 0 spiro atoms. The molecule has 1 aromatic heterocycles. The van der Waals surface area contributed by atoms with Crippen LogP contribution in [0.25, 0.3) is 10.2 Å². The monoisotopic (exact) mass is 493 g/mol. The maximum Gasteiger partial charge on any atom is 0.260 e. The highest BCUT2D eigenvalue weighted by Gasteiger charge is 2.24. The fourth-order valence-corrected chi connectivity index (χ4v) is 4.54. The summed E-state index contributed by atoms with van der Waals surface area (Å²) in [6.45, 7) is 3.54. The number of fused-ring (bicyclic) bond motifs is 1. The first-order valence-electron chi connectivity index (χ1n) is 10.6. The SMILES string of the molecule is CCc1ccc2nc(N(CCCN(C)C)C(=O)c3cc(OC)c(OC)c(OC)c3)sc2c1.Cl. The Kier molecular flexibility index (Phi) is 9.76. The van der Waals surface area contributed by atoms with Gasteiger partial charge in [0.15, 0.2) is 16.6 Å². The number of benzene rings is 2. The number of hydrogen-bond donors (Lipinski definition) is 0. The molecule has 33 heavy (non-hydrogen) atoms. The predicted octanol–water partition coefficient (Wildman–Crippen LogP) is 4.90.